The highest BCUT2D eigenvalue weighted by Gasteiger charge is 2.07. The van der Waals surface area contributed by atoms with Gasteiger partial charge in [-0.1, -0.05) is 0 Å². The molecule has 6 heteroatoms. The highest BCUT2D eigenvalue weighted by atomic mass is 16.6. The summed E-state index contributed by atoms with van der Waals surface area (Å²) in [4.78, 5) is 22.1. The Kier molecular flexibility index (Phi) is 6.21. The number of carbonyl (C=O) groups excluding carboxylic acids is 2. The van der Waals surface area contributed by atoms with Gasteiger partial charge < -0.3 is 19.5 Å². The Bertz CT molecular complexity index is 416. The number of likely N-dealkylation sites (N-methyl/N-ethyl adjacent to an activating group) is 1. The molecule has 1 N–H and O–H groups in total. The Balaban J connectivity index is 2.31. The number of nitrogens with one attached hydrogen (secondary N) is 1. The smallest absolute Gasteiger partial charge is 0.344 e. The molecular weight excluding hydrogens is 250 g/mol. The van der Waals surface area contributed by atoms with Crippen LogP contribution in [0.4, 0.5) is 0 Å². The van der Waals surface area contributed by atoms with E-state index in [-0.39, 0.29) is 19.1 Å². The Hall–Kier alpha value is -2.24. The van der Waals surface area contributed by atoms with Crippen LogP contribution < -0.4 is 14.8 Å². The molecule has 0 aliphatic heterocycles. The van der Waals surface area contributed by atoms with Crippen LogP contribution in [0.2, 0.25) is 0 Å². The molecule has 104 valence electrons. The highest BCUT2D eigenvalue weighted by Crippen LogP contribution is 2.17. The molecule has 0 spiro atoms. The van der Waals surface area contributed by atoms with Crippen molar-refractivity contribution in [2.75, 3.05) is 26.9 Å². The minimum Gasteiger partial charge on any atom is -0.494 e. The number of ether oxygens (including phenoxy) is 3. The summed E-state index contributed by atoms with van der Waals surface area (Å²) >= 11 is 0. The molecular formula is C13H17NO5. The SMILES string of the molecule is CCOc1ccc(OCC(=O)OCC(=O)NC)cc1. The van der Waals surface area contributed by atoms with Crippen molar-refractivity contribution in [3.05, 3.63) is 24.3 Å². The Morgan fingerprint density at radius 3 is 2.16 bits per heavy atom. The monoisotopic (exact) mass is 267 g/mol. The zero-order chi connectivity index (χ0) is 14.1. The molecule has 0 aromatic heterocycles. The molecule has 0 saturated carbocycles. The van der Waals surface area contributed by atoms with Crippen molar-refractivity contribution in [1.82, 2.24) is 5.32 Å². The summed E-state index contributed by atoms with van der Waals surface area (Å²) in [5, 5.41) is 2.34. The quantitative estimate of drug-likeness (QED) is 0.738. The predicted octanol–water partition coefficient (Wildman–Crippen LogP) is 0.753. The molecule has 0 atom stereocenters. The topological polar surface area (TPSA) is 73.9 Å². The van der Waals surface area contributed by atoms with E-state index in [1.165, 1.54) is 7.05 Å². The van der Waals surface area contributed by atoms with Gasteiger partial charge in [0.05, 0.1) is 6.61 Å². The Morgan fingerprint density at radius 1 is 1.05 bits per heavy atom. The zero-order valence-electron chi connectivity index (χ0n) is 11.0. The molecule has 0 radical (unpaired) electrons. The van der Waals surface area contributed by atoms with Gasteiger partial charge in [-0.15, -0.1) is 0 Å². The summed E-state index contributed by atoms with van der Waals surface area (Å²) in [6.45, 7) is 1.94. The van der Waals surface area contributed by atoms with Crippen LogP contribution in [0.3, 0.4) is 0 Å². The van der Waals surface area contributed by atoms with Crippen molar-refractivity contribution in [3.8, 4) is 11.5 Å². The third kappa shape index (κ3) is 5.76. The van der Waals surface area contributed by atoms with Gasteiger partial charge >= 0.3 is 5.97 Å². The number of esters is 1. The molecule has 1 aromatic rings. The van der Waals surface area contributed by atoms with Gasteiger partial charge in [0.15, 0.2) is 13.2 Å². The average molecular weight is 267 g/mol. The fourth-order valence-electron chi connectivity index (χ4n) is 1.20. The summed E-state index contributed by atoms with van der Waals surface area (Å²) < 4.78 is 15.2. The van der Waals surface area contributed by atoms with Gasteiger partial charge in [0.2, 0.25) is 0 Å². The number of hydrogen-bond acceptors (Lipinski definition) is 5. The molecule has 0 heterocycles. The van der Waals surface area contributed by atoms with E-state index in [9.17, 15) is 9.59 Å². The second-order valence-electron chi connectivity index (χ2n) is 3.53. The van der Waals surface area contributed by atoms with Gasteiger partial charge in [-0.3, -0.25) is 4.79 Å². The van der Waals surface area contributed by atoms with Crippen LogP contribution in [0.25, 0.3) is 0 Å². The van der Waals surface area contributed by atoms with Gasteiger partial charge in [-0.2, -0.15) is 0 Å². The Labute approximate surface area is 111 Å². The van der Waals surface area contributed by atoms with Crippen LogP contribution in [0.15, 0.2) is 24.3 Å². The number of carbonyl (C=O) groups is 2. The normalized spacial score (nSPS) is 9.58. The van der Waals surface area contributed by atoms with Crippen molar-refractivity contribution in [3.63, 3.8) is 0 Å². The number of rotatable bonds is 7. The van der Waals surface area contributed by atoms with E-state index in [0.717, 1.165) is 5.75 Å². The number of hydrogen-bond donors (Lipinski definition) is 1. The molecule has 0 aliphatic carbocycles. The van der Waals surface area contributed by atoms with Crippen molar-refractivity contribution in [2.24, 2.45) is 0 Å². The van der Waals surface area contributed by atoms with E-state index in [2.05, 4.69) is 10.1 Å². The third-order valence-corrected chi connectivity index (χ3v) is 2.13. The first-order valence-corrected chi connectivity index (χ1v) is 5.87. The first-order valence-electron chi connectivity index (χ1n) is 5.87. The summed E-state index contributed by atoms with van der Waals surface area (Å²) in [5.74, 6) is 0.296. The lowest BCUT2D eigenvalue weighted by Crippen LogP contribution is -2.26. The molecule has 0 saturated heterocycles. The number of amides is 1. The van der Waals surface area contributed by atoms with Crippen LogP contribution in [-0.2, 0) is 14.3 Å². The van der Waals surface area contributed by atoms with E-state index >= 15 is 0 Å². The second kappa shape index (κ2) is 7.97. The molecule has 0 unspecified atom stereocenters. The molecule has 19 heavy (non-hydrogen) atoms. The molecule has 1 amide bonds. The maximum Gasteiger partial charge on any atom is 0.344 e. The van der Waals surface area contributed by atoms with Crippen LogP contribution in [0.1, 0.15) is 6.92 Å². The summed E-state index contributed by atoms with van der Waals surface area (Å²) in [5.41, 5.74) is 0. The summed E-state index contributed by atoms with van der Waals surface area (Å²) in [6.07, 6.45) is 0. The molecule has 0 fully saturated rings. The lowest BCUT2D eigenvalue weighted by Gasteiger charge is -2.07. The maximum atomic E-state index is 11.3. The third-order valence-electron chi connectivity index (χ3n) is 2.13. The first kappa shape index (κ1) is 14.8. The molecule has 0 aliphatic rings. The maximum absolute atomic E-state index is 11.3. The van der Waals surface area contributed by atoms with Crippen molar-refractivity contribution in [2.45, 2.75) is 6.92 Å². The molecule has 6 nitrogen and oxygen atoms in total. The lowest BCUT2D eigenvalue weighted by atomic mass is 10.3. The molecule has 1 rings (SSSR count). The van der Waals surface area contributed by atoms with Gasteiger partial charge in [-0.05, 0) is 31.2 Å². The van der Waals surface area contributed by atoms with Crippen LogP contribution in [0.5, 0.6) is 11.5 Å². The fourth-order valence-corrected chi connectivity index (χ4v) is 1.20. The van der Waals surface area contributed by atoms with Crippen LogP contribution in [-0.4, -0.2) is 38.7 Å². The largest absolute Gasteiger partial charge is 0.494 e. The van der Waals surface area contributed by atoms with Crippen LogP contribution >= 0.6 is 0 Å². The molecule has 1 aromatic carbocycles. The first-order chi connectivity index (χ1) is 9.15. The van der Waals surface area contributed by atoms with Gasteiger partial charge in [0.25, 0.3) is 5.91 Å². The van der Waals surface area contributed by atoms with E-state index in [0.29, 0.717) is 12.4 Å². The Morgan fingerprint density at radius 2 is 1.63 bits per heavy atom. The summed E-state index contributed by atoms with van der Waals surface area (Å²) in [6, 6.07) is 6.87. The van der Waals surface area contributed by atoms with Crippen molar-refractivity contribution >= 4 is 11.9 Å². The van der Waals surface area contributed by atoms with Crippen LogP contribution in [0, 0.1) is 0 Å². The van der Waals surface area contributed by atoms with Gasteiger partial charge in [0.1, 0.15) is 11.5 Å². The van der Waals surface area contributed by atoms with E-state index < -0.39 is 5.97 Å². The second-order valence-corrected chi connectivity index (χ2v) is 3.53. The zero-order valence-corrected chi connectivity index (χ0v) is 11.0. The van der Waals surface area contributed by atoms with E-state index in [4.69, 9.17) is 9.47 Å². The van der Waals surface area contributed by atoms with Gasteiger partial charge in [-0.25, -0.2) is 4.79 Å². The average Bonchev–Trinajstić information content (AvgIpc) is 2.44. The molecule has 0 bridgehead atoms. The lowest BCUT2D eigenvalue weighted by molar-refractivity contribution is -0.150. The van der Waals surface area contributed by atoms with E-state index in [1.54, 1.807) is 24.3 Å². The van der Waals surface area contributed by atoms with Gasteiger partial charge in [0, 0.05) is 7.05 Å². The number of benzene rings is 1. The standard InChI is InChI=1S/C13H17NO5/c1-3-17-10-4-6-11(7-5-10)18-9-13(16)19-8-12(15)14-2/h4-7H,3,8-9H2,1-2H3,(H,14,15). The minimum absolute atomic E-state index is 0.245. The predicted molar refractivity (Wildman–Crippen MR) is 68.1 cm³/mol. The van der Waals surface area contributed by atoms with E-state index in [1.807, 2.05) is 6.92 Å². The summed E-state index contributed by atoms with van der Waals surface area (Å²) in [7, 11) is 1.46. The minimum atomic E-state index is -0.600. The fraction of sp³-hybridized carbons (Fsp3) is 0.385. The van der Waals surface area contributed by atoms with Crippen molar-refractivity contribution < 1.29 is 23.8 Å². The van der Waals surface area contributed by atoms with Crippen molar-refractivity contribution in [1.29, 1.82) is 0 Å². The highest BCUT2D eigenvalue weighted by molar-refractivity contribution is 5.80.